The fourth-order valence-corrected chi connectivity index (χ4v) is 4.74. The third-order valence-corrected chi connectivity index (χ3v) is 6.13. The van der Waals surface area contributed by atoms with Crippen molar-refractivity contribution >= 4 is 17.6 Å². The van der Waals surface area contributed by atoms with Crippen molar-refractivity contribution in [2.24, 2.45) is 5.92 Å². The second-order valence-electron chi connectivity index (χ2n) is 6.62. The lowest BCUT2D eigenvalue weighted by Crippen LogP contribution is -2.52. The van der Waals surface area contributed by atoms with Crippen LogP contribution in [0.15, 0.2) is 6.07 Å². The van der Waals surface area contributed by atoms with Crippen molar-refractivity contribution in [2.45, 2.75) is 38.1 Å². The van der Waals surface area contributed by atoms with Crippen LogP contribution >= 0.6 is 11.8 Å². The van der Waals surface area contributed by atoms with Crippen LogP contribution in [0.2, 0.25) is 0 Å². The highest BCUT2D eigenvalue weighted by Crippen LogP contribution is 2.27. The molecule has 114 valence electrons. The van der Waals surface area contributed by atoms with Crippen LogP contribution in [0.5, 0.6) is 0 Å². The standard InChI is InChI=1S/C16H24N4S/c1-2-4-15-13(3-1)7-16(19-18-15)20-9-12(10-20)8-17-14-5-6-21-11-14/h7,12,14,17H,1-6,8-11H2. The maximum absolute atomic E-state index is 4.45. The fraction of sp³-hybridized carbons (Fsp3) is 0.750. The molecule has 0 saturated carbocycles. The van der Waals surface area contributed by atoms with Gasteiger partial charge in [-0.3, -0.25) is 0 Å². The van der Waals surface area contributed by atoms with Crippen molar-refractivity contribution in [3.63, 3.8) is 0 Å². The molecule has 1 aromatic heterocycles. The van der Waals surface area contributed by atoms with Gasteiger partial charge < -0.3 is 10.2 Å². The van der Waals surface area contributed by atoms with Crippen molar-refractivity contribution in [3.05, 3.63) is 17.3 Å². The highest BCUT2D eigenvalue weighted by atomic mass is 32.2. The summed E-state index contributed by atoms with van der Waals surface area (Å²) in [5.41, 5.74) is 2.68. The molecule has 2 fully saturated rings. The SMILES string of the molecule is c1c(N2CC(CNC3CCSC3)C2)nnc2c1CCCC2. The van der Waals surface area contributed by atoms with Crippen LogP contribution in [0.1, 0.15) is 30.5 Å². The Bertz CT molecular complexity index is 495. The first-order valence-corrected chi connectivity index (χ1v) is 9.45. The highest BCUT2D eigenvalue weighted by molar-refractivity contribution is 7.99. The first-order chi connectivity index (χ1) is 10.4. The Morgan fingerprint density at radius 2 is 2.14 bits per heavy atom. The van der Waals surface area contributed by atoms with Gasteiger partial charge in [0.1, 0.15) is 0 Å². The minimum Gasteiger partial charge on any atom is -0.354 e. The van der Waals surface area contributed by atoms with Crippen molar-refractivity contribution < 1.29 is 0 Å². The van der Waals surface area contributed by atoms with E-state index in [1.165, 1.54) is 55.0 Å². The molecule has 21 heavy (non-hydrogen) atoms. The molecule has 0 amide bonds. The molecule has 2 aliphatic heterocycles. The predicted octanol–water partition coefficient (Wildman–Crippen LogP) is 1.89. The fourth-order valence-electron chi connectivity index (χ4n) is 3.55. The van der Waals surface area contributed by atoms with E-state index in [2.05, 4.69) is 38.2 Å². The molecule has 4 nitrogen and oxygen atoms in total. The van der Waals surface area contributed by atoms with Gasteiger partial charge >= 0.3 is 0 Å². The quantitative estimate of drug-likeness (QED) is 0.920. The number of thioether (sulfide) groups is 1. The summed E-state index contributed by atoms with van der Waals surface area (Å²) in [6.07, 6.45) is 6.24. The van der Waals surface area contributed by atoms with E-state index in [0.717, 1.165) is 37.3 Å². The summed E-state index contributed by atoms with van der Waals surface area (Å²) in [6, 6.07) is 3.05. The predicted molar refractivity (Wildman–Crippen MR) is 88.1 cm³/mol. The lowest BCUT2D eigenvalue weighted by Gasteiger charge is -2.40. The average Bonchev–Trinajstić information content (AvgIpc) is 2.99. The molecule has 0 aromatic carbocycles. The molecule has 0 bridgehead atoms. The first kappa shape index (κ1) is 13.8. The van der Waals surface area contributed by atoms with Crippen LogP contribution in [0.4, 0.5) is 5.82 Å². The van der Waals surface area contributed by atoms with E-state index in [0.29, 0.717) is 0 Å². The number of nitrogens with zero attached hydrogens (tertiary/aromatic N) is 3. The molecule has 1 unspecified atom stereocenters. The molecule has 4 rings (SSSR count). The number of anilines is 1. The van der Waals surface area contributed by atoms with Crippen LogP contribution in [-0.4, -0.2) is 47.4 Å². The normalized spacial score (nSPS) is 25.7. The number of hydrogen-bond donors (Lipinski definition) is 1. The molecule has 1 atom stereocenters. The van der Waals surface area contributed by atoms with Gasteiger partial charge in [-0.2, -0.15) is 16.9 Å². The maximum Gasteiger partial charge on any atom is 0.151 e. The van der Waals surface area contributed by atoms with Crippen molar-refractivity contribution in [2.75, 3.05) is 36.0 Å². The lowest BCUT2D eigenvalue weighted by atomic mass is 9.95. The molecule has 1 aliphatic carbocycles. The van der Waals surface area contributed by atoms with Gasteiger partial charge in [0, 0.05) is 37.3 Å². The van der Waals surface area contributed by atoms with E-state index in [9.17, 15) is 0 Å². The van der Waals surface area contributed by atoms with Gasteiger partial charge in [0.2, 0.25) is 0 Å². The molecule has 1 aromatic rings. The van der Waals surface area contributed by atoms with Crippen LogP contribution in [0.25, 0.3) is 0 Å². The highest BCUT2D eigenvalue weighted by Gasteiger charge is 2.29. The summed E-state index contributed by atoms with van der Waals surface area (Å²) in [5, 5.41) is 12.6. The molecule has 0 radical (unpaired) electrons. The molecule has 5 heteroatoms. The molecule has 3 heterocycles. The zero-order chi connectivity index (χ0) is 14.1. The summed E-state index contributed by atoms with van der Waals surface area (Å²) >= 11 is 2.08. The Labute approximate surface area is 131 Å². The first-order valence-electron chi connectivity index (χ1n) is 8.30. The Morgan fingerprint density at radius 3 is 3.00 bits per heavy atom. The number of hydrogen-bond acceptors (Lipinski definition) is 5. The molecule has 0 spiro atoms. The third kappa shape index (κ3) is 3.04. The summed E-state index contributed by atoms with van der Waals surface area (Å²) in [5.74, 6) is 4.52. The van der Waals surface area contributed by atoms with Gasteiger partial charge in [0.25, 0.3) is 0 Å². The second kappa shape index (κ2) is 6.13. The van der Waals surface area contributed by atoms with E-state index in [-0.39, 0.29) is 0 Å². The van der Waals surface area contributed by atoms with Crippen LogP contribution in [0.3, 0.4) is 0 Å². The minimum atomic E-state index is 0.757. The van der Waals surface area contributed by atoms with Crippen LogP contribution in [-0.2, 0) is 12.8 Å². The van der Waals surface area contributed by atoms with Gasteiger partial charge in [0.05, 0.1) is 5.69 Å². The summed E-state index contributed by atoms with van der Waals surface area (Å²) in [7, 11) is 0. The Kier molecular flexibility index (Phi) is 4.03. The van der Waals surface area contributed by atoms with E-state index < -0.39 is 0 Å². The topological polar surface area (TPSA) is 41.0 Å². The number of aromatic nitrogens is 2. The van der Waals surface area contributed by atoms with Gasteiger partial charge in [-0.05, 0) is 49.5 Å². The minimum absolute atomic E-state index is 0.757. The van der Waals surface area contributed by atoms with E-state index in [4.69, 9.17) is 0 Å². The maximum atomic E-state index is 4.45. The molecule has 2 saturated heterocycles. The molecular formula is C16H24N4S. The van der Waals surface area contributed by atoms with E-state index >= 15 is 0 Å². The van der Waals surface area contributed by atoms with Crippen LogP contribution < -0.4 is 10.2 Å². The van der Waals surface area contributed by atoms with Gasteiger partial charge in [-0.15, -0.1) is 5.10 Å². The van der Waals surface area contributed by atoms with Crippen molar-refractivity contribution in [1.82, 2.24) is 15.5 Å². The number of rotatable bonds is 4. The van der Waals surface area contributed by atoms with Crippen molar-refractivity contribution in [3.8, 4) is 0 Å². The van der Waals surface area contributed by atoms with Gasteiger partial charge in [-0.1, -0.05) is 0 Å². The zero-order valence-corrected chi connectivity index (χ0v) is 13.4. The number of nitrogens with one attached hydrogen (secondary N) is 1. The molecular weight excluding hydrogens is 280 g/mol. The summed E-state index contributed by atoms with van der Waals surface area (Å²) in [4.78, 5) is 2.39. The van der Waals surface area contributed by atoms with E-state index in [1.54, 1.807) is 0 Å². The van der Waals surface area contributed by atoms with Crippen molar-refractivity contribution in [1.29, 1.82) is 0 Å². The number of aryl methyl sites for hydroxylation is 2. The average molecular weight is 304 g/mol. The van der Waals surface area contributed by atoms with Crippen LogP contribution in [0, 0.1) is 5.92 Å². The zero-order valence-electron chi connectivity index (χ0n) is 12.6. The van der Waals surface area contributed by atoms with Gasteiger partial charge in [-0.25, -0.2) is 0 Å². The summed E-state index contributed by atoms with van der Waals surface area (Å²) in [6.45, 7) is 3.45. The second-order valence-corrected chi connectivity index (χ2v) is 7.77. The lowest BCUT2D eigenvalue weighted by molar-refractivity contribution is 0.365. The van der Waals surface area contributed by atoms with E-state index in [1.807, 2.05) is 0 Å². The Morgan fingerprint density at radius 1 is 1.24 bits per heavy atom. The summed E-state index contributed by atoms with van der Waals surface area (Å²) < 4.78 is 0. The molecule has 1 N–H and O–H groups in total. The Hall–Kier alpha value is -0.810. The largest absolute Gasteiger partial charge is 0.354 e. The Balaban J connectivity index is 1.29. The third-order valence-electron chi connectivity index (χ3n) is 4.96. The smallest absolute Gasteiger partial charge is 0.151 e. The van der Waals surface area contributed by atoms with Gasteiger partial charge in [0.15, 0.2) is 5.82 Å². The monoisotopic (exact) mass is 304 g/mol. The molecule has 3 aliphatic rings. The number of fused-ring (bicyclic) bond motifs is 1.